The van der Waals surface area contributed by atoms with Crippen molar-refractivity contribution in [2.45, 2.75) is 6.18 Å². The molecule has 1 heterocycles. The lowest BCUT2D eigenvalue weighted by Crippen LogP contribution is -2.52. The van der Waals surface area contributed by atoms with Gasteiger partial charge in [-0.15, -0.1) is 0 Å². The van der Waals surface area contributed by atoms with E-state index in [1.54, 1.807) is 17.0 Å². The fourth-order valence-corrected chi connectivity index (χ4v) is 2.63. The van der Waals surface area contributed by atoms with Crippen LogP contribution in [0.15, 0.2) is 28.2 Å². The SMILES string of the molecule is NC(N)=NC(N)=Nc1cc(Cl)ccc1N1CCN(C(=O)C(F)(F)F)CC1. The van der Waals surface area contributed by atoms with E-state index >= 15 is 0 Å². The van der Waals surface area contributed by atoms with Gasteiger partial charge in [-0.3, -0.25) is 4.79 Å². The Morgan fingerprint density at radius 3 is 2.27 bits per heavy atom. The van der Waals surface area contributed by atoms with Gasteiger partial charge in [0.05, 0.1) is 11.4 Å². The number of halogens is 4. The first-order valence-corrected chi connectivity index (χ1v) is 7.80. The molecule has 1 saturated heterocycles. The van der Waals surface area contributed by atoms with Gasteiger partial charge in [0, 0.05) is 31.2 Å². The number of guanidine groups is 2. The van der Waals surface area contributed by atoms with Gasteiger partial charge >= 0.3 is 12.1 Å². The molecule has 0 saturated carbocycles. The number of amides is 1. The van der Waals surface area contributed by atoms with Crippen molar-refractivity contribution < 1.29 is 18.0 Å². The molecule has 0 aromatic heterocycles. The number of hydrogen-bond donors (Lipinski definition) is 3. The van der Waals surface area contributed by atoms with Crippen molar-refractivity contribution in [2.75, 3.05) is 31.1 Å². The number of alkyl halides is 3. The zero-order valence-electron chi connectivity index (χ0n) is 13.5. The van der Waals surface area contributed by atoms with Gasteiger partial charge in [-0.25, -0.2) is 4.99 Å². The summed E-state index contributed by atoms with van der Waals surface area (Å²) in [6, 6.07) is 4.80. The van der Waals surface area contributed by atoms with E-state index < -0.39 is 12.1 Å². The van der Waals surface area contributed by atoms with Crippen molar-refractivity contribution in [1.29, 1.82) is 0 Å². The third-order valence-corrected chi connectivity index (χ3v) is 3.80. The van der Waals surface area contributed by atoms with E-state index in [1.165, 1.54) is 6.07 Å². The smallest absolute Gasteiger partial charge is 0.370 e. The quantitative estimate of drug-likeness (QED) is 0.507. The molecule has 0 spiro atoms. The molecular formula is C14H17ClF3N7O. The summed E-state index contributed by atoms with van der Waals surface area (Å²) in [6.07, 6.45) is -4.88. The number of rotatable bonds is 2. The lowest BCUT2D eigenvalue weighted by atomic mass is 10.2. The minimum absolute atomic E-state index is 0.0759. The summed E-state index contributed by atoms with van der Waals surface area (Å²) in [5.41, 5.74) is 17.0. The van der Waals surface area contributed by atoms with E-state index in [-0.39, 0.29) is 38.1 Å². The molecule has 1 fully saturated rings. The minimum atomic E-state index is -4.88. The summed E-state index contributed by atoms with van der Waals surface area (Å²) < 4.78 is 37.6. The summed E-state index contributed by atoms with van der Waals surface area (Å²) in [6.45, 7) is 0.226. The Hall–Kier alpha value is -2.69. The third-order valence-electron chi connectivity index (χ3n) is 3.57. The predicted molar refractivity (Wildman–Crippen MR) is 93.4 cm³/mol. The Kier molecular flexibility index (Phi) is 5.80. The highest BCUT2D eigenvalue weighted by atomic mass is 35.5. The molecule has 6 N–H and O–H groups in total. The molecule has 26 heavy (non-hydrogen) atoms. The van der Waals surface area contributed by atoms with Gasteiger partial charge < -0.3 is 27.0 Å². The second-order valence-corrected chi connectivity index (χ2v) is 5.85. The van der Waals surface area contributed by atoms with Crippen molar-refractivity contribution in [3.8, 4) is 0 Å². The lowest BCUT2D eigenvalue weighted by Gasteiger charge is -2.36. The van der Waals surface area contributed by atoms with E-state index in [2.05, 4.69) is 9.98 Å². The van der Waals surface area contributed by atoms with Crippen LogP contribution in [0.1, 0.15) is 0 Å². The van der Waals surface area contributed by atoms with Gasteiger partial charge in [-0.2, -0.15) is 18.2 Å². The highest BCUT2D eigenvalue weighted by Crippen LogP contribution is 2.32. The largest absolute Gasteiger partial charge is 0.471 e. The highest BCUT2D eigenvalue weighted by molar-refractivity contribution is 6.31. The zero-order valence-corrected chi connectivity index (χ0v) is 14.3. The normalized spacial score (nSPS) is 15.8. The molecule has 0 aliphatic carbocycles. The van der Waals surface area contributed by atoms with Crippen molar-refractivity contribution in [1.82, 2.24) is 4.90 Å². The summed E-state index contributed by atoms with van der Waals surface area (Å²) in [7, 11) is 0. The van der Waals surface area contributed by atoms with Crippen LogP contribution < -0.4 is 22.1 Å². The molecule has 0 atom stereocenters. The van der Waals surface area contributed by atoms with Gasteiger partial charge in [0.25, 0.3) is 0 Å². The Bertz CT molecular complexity index is 739. The molecular weight excluding hydrogens is 375 g/mol. The molecule has 1 aromatic carbocycles. The highest BCUT2D eigenvalue weighted by Gasteiger charge is 2.43. The Balaban J connectivity index is 2.20. The second kappa shape index (κ2) is 7.68. The molecule has 0 radical (unpaired) electrons. The van der Waals surface area contributed by atoms with Crippen molar-refractivity contribution >= 4 is 40.8 Å². The van der Waals surface area contributed by atoms with Crippen LogP contribution in [0.2, 0.25) is 5.02 Å². The molecule has 0 bridgehead atoms. The average Bonchev–Trinajstić information content (AvgIpc) is 2.53. The van der Waals surface area contributed by atoms with E-state index in [0.717, 1.165) is 4.90 Å². The van der Waals surface area contributed by atoms with Gasteiger partial charge in [-0.05, 0) is 18.2 Å². The number of benzene rings is 1. The summed E-state index contributed by atoms with van der Waals surface area (Å²) in [5.74, 6) is -2.31. The molecule has 1 amide bonds. The molecule has 1 aliphatic heterocycles. The predicted octanol–water partition coefficient (Wildman–Crippen LogP) is 0.771. The molecule has 1 aliphatic rings. The van der Waals surface area contributed by atoms with Gasteiger partial charge in [0.15, 0.2) is 5.96 Å². The second-order valence-electron chi connectivity index (χ2n) is 5.42. The van der Waals surface area contributed by atoms with E-state index in [0.29, 0.717) is 16.4 Å². The van der Waals surface area contributed by atoms with E-state index in [9.17, 15) is 18.0 Å². The fourth-order valence-electron chi connectivity index (χ4n) is 2.46. The first kappa shape index (κ1) is 19.6. The number of carbonyl (C=O) groups is 1. The van der Waals surface area contributed by atoms with Crippen LogP contribution in [-0.4, -0.2) is 55.1 Å². The number of anilines is 1. The van der Waals surface area contributed by atoms with Gasteiger partial charge in [-0.1, -0.05) is 11.6 Å². The summed E-state index contributed by atoms with van der Waals surface area (Å²) >= 11 is 5.97. The Morgan fingerprint density at radius 2 is 1.73 bits per heavy atom. The maximum Gasteiger partial charge on any atom is 0.471 e. The van der Waals surface area contributed by atoms with Crippen LogP contribution in [0, 0.1) is 0 Å². The van der Waals surface area contributed by atoms with Crippen molar-refractivity contribution in [2.24, 2.45) is 27.2 Å². The fraction of sp³-hybridized carbons (Fsp3) is 0.357. The van der Waals surface area contributed by atoms with Crippen LogP contribution in [0.25, 0.3) is 0 Å². The molecule has 1 aromatic rings. The van der Waals surface area contributed by atoms with Gasteiger partial charge in [0.1, 0.15) is 0 Å². The molecule has 8 nitrogen and oxygen atoms in total. The molecule has 12 heteroatoms. The van der Waals surface area contributed by atoms with Crippen LogP contribution in [0.5, 0.6) is 0 Å². The molecule has 142 valence electrons. The Labute approximate surface area is 152 Å². The number of nitrogens with two attached hydrogens (primary N) is 3. The van der Waals surface area contributed by atoms with E-state index in [1.807, 2.05) is 0 Å². The number of aliphatic imine (C=N–C) groups is 2. The summed E-state index contributed by atoms with van der Waals surface area (Å²) in [5, 5.41) is 0.385. The monoisotopic (exact) mass is 391 g/mol. The Morgan fingerprint density at radius 1 is 1.12 bits per heavy atom. The number of hydrogen-bond acceptors (Lipinski definition) is 3. The standard InChI is InChI=1S/C14H17ClF3N7O/c15-8-1-2-10(9(7-8)22-13(21)23-12(19)20)24-3-5-25(6-4-24)11(26)14(16,17)18/h1-2,7H,3-6H2,(H6,19,20,21,22,23). The lowest BCUT2D eigenvalue weighted by molar-refractivity contribution is -0.185. The van der Waals surface area contributed by atoms with Crippen LogP contribution >= 0.6 is 11.6 Å². The van der Waals surface area contributed by atoms with Gasteiger partial charge in [0.2, 0.25) is 5.96 Å². The molecule has 0 unspecified atom stereocenters. The maximum atomic E-state index is 12.5. The number of nitrogens with zero attached hydrogens (tertiary/aromatic N) is 4. The van der Waals surface area contributed by atoms with Crippen LogP contribution in [-0.2, 0) is 4.79 Å². The van der Waals surface area contributed by atoms with Crippen molar-refractivity contribution in [3.63, 3.8) is 0 Å². The zero-order chi connectivity index (χ0) is 19.5. The maximum absolute atomic E-state index is 12.5. The third kappa shape index (κ3) is 4.91. The van der Waals surface area contributed by atoms with E-state index in [4.69, 9.17) is 28.8 Å². The minimum Gasteiger partial charge on any atom is -0.370 e. The number of piperazine rings is 1. The number of carbonyl (C=O) groups excluding carboxylic acids is 1. The van der Waals surface area contributed by atoms with Crippen LogP contribution in [0.3, 0.4) is 0 Å². The van der Waals surface area contributed by atoms with Crippen molar-refractivity contribution in [3.05, 3.63) is 23.2 Å². The topological polar surface area (TPSA) is 126 Å². The first-order chi connectivity index (χ1) is 12.1. The molecule has 2 rings (SSSR count). The summed E-state index contributed by atoms with van der Waals surface area (Å²) in [4.78, 5) is 21.6. The average molecular weight is 392 g/mol. The first-order valence-electron chi connectivity index (χ1n) is 7.42. The van der Waals surface area contributed by atoms with Crippen LogP contribution in [0.4, 0.5) is 24.5 Å².